The fourth-order valence-corrected chi connectivity index (χ4v) is 2.51. The standard InChI is InChI=1S/C15H19FN4O6/c1-15(2,3)26-14(23)18-6-7-19(10(8-18)13(21)22)12-9(20(24)25)4-5-11(16)17-12/h4-5,10H,6-8H2,1-3H3,(H,21,22). The summed E-state index contributed by atoms with van der Waals surface area (Å²) in [5.41, 5.74) is -1.26. The Morgan fingerprint density at radius 3 is 2.58 bits per heavy atom. The first kappa shape index (κ1) is 19.3. The number of carboxylic acids is 1. The van der Waals surface area contributed by atoms with E-state index in [9.17, 15) is 29.2 Å². The molecule has 0 bridgehead atoms. The van der Waals surface area contributed by atoms with Crippen LogP contribution in [-0.4, -0.2) is 63.3 Å². The number of nitro groups is 1. The van der Waals surface area contributed by atoms with Gasteiger partial charge < -0.3 is 19.6 Å². The Balaban J connectivity index is 2.30. The van der Waals surface area contributed by atoms with Crippen LogP contribution in [0.25, 0.3) is 0 Å². The molecule has 11 heteroatoms. The predicted molar refractivity (Wildman–Crippen MR) is 87.4 cm³/mol. The molecule has 26 heavy (non-hydrogen) atoms. The summed E-state index contributed by atoms with van der Waals surface area (Å²) in [4.78, 5) is 40.0. The maximum Gasteiger partial charge on any atom is 0.410 e. The second kappa shape index (κ2) is 7.10. The van der Waals surface area contributed by atoms with Crippen LogP contribution < -0.4 is 4.90 Å². The largest absolute Gasteiger partial charge is 0.480 e. The number of nitrogens with zero attached hydrogens (tertiary/aromatic N) is 4. The summed E-state index contributed by atoms with van der Waals surface area (Å²) in [7, 11) is 0. The van der Waals surface area contributed by atoms with E-state index >= 15 is 0 Å². The van der Waals surface area contributed by atoms with Gasteiger partial charge >= 0.3 is 17.7 Å². The molecule has 1 aromatic rings. The van der Waals surface area contributed by atoms with E-state index in [2.05, 4.69) is 4.98 Å². The maximum absolute atomic E-state index is 13.5. The fraction of sp³-hybridized carbons (Fsp3) is 0.533. The smallest absolute Gasteiger partial charge is 0.410 e. The summed E-state index contributed by atoms with van der Waals surface area (Å²) in [6.07, 6.45) is -0.690. The second-order valence-electron chi connectivity index (χ2n) is 6.71. The first-order chi connectivity index (χ1) is 12.0. The molecule has 1 aromatic heterocycles. The molecule has 0 aromatic carbocycles. The number of ether oxygens (including phenoxy) is 1. The van der Waals surface area contributed by atoms with Gasteiger partial charge in [0.2, 0.25) is 11.8 Å². The van der Waals surface area contributed by atoms with E-state index in [1.807, 2.05) is 0 Å². The lowest BCUT2D eigenvalue weighted by atomic mass is 10.1. The quantitative estimate of drug-likeness (QED) is 0.483. The highest BCUT2D eigenvalue weighted by molar-refractivity contribution is 5.81. The summed E-state index contributed by atoms with van der Waals surface area (Å²) in [6.45, 7) is 4.72. The number of pyridine rings is 1. The Morgan fingerprint density at radius 1 is 1.38 bits per heavy atom. The van der Waals surface area contributed by atoms with Gasteiger partial charge in [0.15, 0.2) is 0 Å². The van der Waals surface area contributed by atoms with Gasteiger partial charge in [-0.3, -0.25) is 10.1 Å². The number of aliphatic carboxylic acids is 1. The second-order valence-corrected chi connectivity index (χ2v) is 6.71. The zero-order chi connectivity index (χ0) is 19.6. The van der Waals surface area contributed by atoms with Crippen LogP contribution in [0.1, 0.15) is 20.8 Å². The van der Waals surface area contributed by atoms with Gasteiger partial charge in [0.25, 0.3) is 0 Å². The lowest BCUT2D eigenvalue weighted by Gasteiger charge is -2.39. The molecule has 1 saturated heterocycles. The van der Waals surface area contributed by atoms with E-state index in [1.54, 1.807) is 20.8 Å². The lowest BCUT2D eigenvalue weighted by molar-refractivity contribution is -0.384. The topological polar surface area (TPSA) is 126 Å². The number of halogens is 1. The van der Waals surface area contributed by atoms with E-state index in [0.717, 1.165) is 17.0 Å². The van der Waals surface area contributed by atoms with Crippen LogP contribution in [0.5, 0.6) is 0 Å². The van der Waals surface area contributed by atoms with Gasteiger partial charge in [0.1, 0.15) is 11.6 Å². The zero-order valence-electron chi connectivity index (χ0n) is 14.5. The molecule has 1 fully saturated rings. The highest BCUT2D eigenvalue weighted by Crippen LogP contribution is 2.29. The van der Waals surface area contributed by atoms with E-state index in [0.29, 0.717) is 0 Å². The first-order valence-electron chi connectivity index (χ1n) is 7.78. The minimum atomic E-state index is -1.33. The van der Waals surface area contributed by atoms with Crippen molar-refractivity contribution in [2.75, 3.05) is 24.5 Å². The van der Waals surface area contributed by atoms with E-state index in [4.69, 9.17) is 4.74 Å². The van der Waals surface area contributed by atoms with Crippen molar-refractivity contribution in [1.29, 1.82) is 0 Å². The van der Waals surface area contributed by atoms with Gasteiger partial charge in [-0.15, -0.1) is 0 Å². The average Bonchev–Trinajstić information content (AvgIpc) is 2.52. The Bertz CT molecular complexity index is 735. The molecular formula is C15H19FN4O6. The van der Waals surface area contributed by atoms with Crippen molar-refractivity contribution in [3.8, 4) is 0 Å². The van der Waals surface area contributed by atoms with Crippen molar-refractivity contribution in [1.82, 2.24) is 9.88 Å². The number of amides is 1. The van der Waals surface area contributed by atoms with Crippen LogP contribution in [0.4, 0.5) is 20.7 Å². The van der Waals surface area contributed by atoms with Crippen molar-refractivity contribution in [3.05, 3.63) is 28.2 Å². The molecule has 0 spiro atoms. The fourth-order valence-electron chi connectivity index (χ4n) is 2.51. The number of hydrogen-bond acceptors (Lipinski definition) is 7. The molecule has 0 radical (unpaired) electrons. The molecule has 1 aliphatic heterocycles. The number of anilines is 1. The Kier molecular flexibility index (Phi) is 5.28. The van der Waals surface area contributed by atoms with Gasteiger partial charge in [-0.25, -0.2) is 9.59 Å². The van der Waals surface area contributed by atoms with Crippen LogP contribution in [0.3, 0.4) is 0 Å². The zero-order valence-corrected chi connectivity index (χ0v) is 14.5. The summed E-state index contributed by atoms with van der Waals surface area (Å²) in [5, 5.41) is 20.7. The molecule has 0 aliphatic carbocycles. The van der Waals surface area contributed by atoms with Crippen LogP contribution in [-0.2, 0) is 9.53 Å². The first-order valence-corrected chi connectivity index (χ1v) is 7.78. The van der Waals surface area contributed by atoms with Crippen molar-refractivity contribution >= 4 is 23.6 Å². The molecule has 142 valence electrons. The highest BCUT2D eigenvalue weighted by atomic mass is 19.1. The van der Waals surface area contributed by atoms with Crippen molar-refractivity contribution in [3.63, 3.8) is 0 Å². The third kappa shape index (κ3) is 4.35. The molecule has 10 nitrogen and oxygen atoms in total. The van der Waals surface area contributed by atoms with Crippen LogP contribution in [0.15, 0.2) is 12.1 Å². The Morgan fingerprint density at radius 2 is 2.04 bits per heavy atom. The third-order valence-electron chi connectivity index (χ3n) is 3.61. The maximum atomic E-state index is 13.5. The van der Waals surface area contributed by atoms with Gasteiger partial charge in [0, 0.05) is 25.2 Å². The summed E-state index contributed by atoms with van der Waals surface area (Å²) >= 11 is 0. The number of aromatic nitrogens is 1. The van der Waals surface area contributed by atoms with E-state index in [-0.39, 0.29) is 25.5 Å². The normalized spacial score (nSPS) is 17.8. The van der Waals surface area contributed by atoms with Crippen molar-refractivity contribution in [2.45, 2.75) is 32.4 Å². The third-order valence-corrected chi connectivity index (χ3v) is 3.61. The number of rotatable bonds is 3. The Hall–Kier alpha value is -2.98. The lowest BCUT2D eigenvalue weighted by Crippen LogP contribution is -2.58. The van der Waals surface area contributed by atoms with Crippen molar-refractivity contribution < 1.29 is 28.7 Å². The van der Waals surface area contributed by atoms with Gasteiger partial charge in [-0.05, 0) is 20.8 Å². The predicted octanol–water partition coefficient (Wildman–Crippen LogP) is 1.64. The Labute approximate surface area is 148 Å². The molecule has 2 heterocycles. The number of carbonyl (C=O) groups excluding carboxylic acids is 1. The molecule has 1 N–H and O–H groups in total. The molecule has 1 aliphatic rings. The average molecular weight is 370 g/mol. The molecule has 1 atom stereocenters. The number of piperazine rings is 1. The van der Waals surface area contributed by atoms with Gasteiger partial charge in [-0.2, -0.15) is 9.37 Å². The van der Waals surface area contributed by atoms with Crippen LogP contribution in [0.2, 0.25) is 0 Å². The van der Waals surface area contributed by atoms with E-state index in [1.165, 1.54) is 4.90 Å². The summed E-state index contributed by atoms with van der Waals surface area (Å²) < 4.78 is 18.7. The number of hydrogen-bond donors (Lipinski definition) is 1. The summed E-state index contributed by atoms with van der Waals surface area (Å²) in [6, 6.07) is 0.426. The molecule has 1 amide bonds. The van der Waals surface area contributed by atoms with Crippen molar-refractivity contribution in [2.24, 2.45) is 0 Å². The number of carbonyl (C=O) groups is 2. The summed E-state index contributed by atoms with van der Waals surface area (Å²) in [5.74, 6) is -2.67. The van der Waals surface area contributed by atoms with Gasteiger partial charge in [-0.1, -0.05) is 0 Å². The molecule has 2 rings (SSSR count). The SMILES string of the molecule is CC(C)(C)OC(=O)N1CCN(c2nc(F)ccc2[N+](=O)[O-])C(C(=O)O)C1. The molecule has 1 unspecified atom stereocenters. The van der Waals surface area contributed by atoms with E-state index < -0.39 is 40.3 Å². The highest BCUT2D eigenvalue weighted by Gasteiger charge is 2.39. The molecule has 0 saturated carbocycles. The van der Waals surface area contributed by atoms with Crippen LogP contribution in [0, 0.1) is 16.1 Å². The molecular weight excluding hydrogens is 351 g/mol. The van der Waals surface area contributed by atoms with Crippen LogP contribution >= 0.6 is 0 Å². The number of carboxylic acid groups (broad SMARTS) is 1. The van der Waals surface area contributed by atoms with Gasteiger partial charge in [0.05, 0.1) is 11.5 Å². The monoisotopic (exact) mass is 370 g/mol. The minimum Gasteiger partial charge on any atom is -0.480 e. The minimum absolute atomic E-state index is 0.0496.